The Morgan fingerprint density at radius 1 is 1.09 bits per heavy atom. The predicted molar refractivity (Wildman–Crippen MR) is 93.6 cm³/mol. The normalized spacial score (nSPS) is 13.6. The van der Waals surface area contributed by atoms with Crippen molar-refractivity contribution in [3.8, 4) is 0 Å². The first-order chi connectivity index (χ1) is 10.6. The largest absolute Gasteiger partial charge is 0.340 e. The van der Waals surface area contributed by atoms with Gasteiger partial charge in [0.25, 0.3) is 0 Å². The Morgan fingerprint density at radius 2 is 1.86 bits per heavy atom. The van der Waals surface area contributed by atoms with E-state index in [0.29, 0.717) is 5.28 Å². The van der Waals surface area contributed by atoms with E-state index in [2.05, 4.69) is 47.3 Å². The van der Waals surface area contributed by atoms with Crippen LogP contribution in [0.15, 0.2) is 18.2 Å². The molecule has 3 nitrogen and oxygen atoms in total. The number of aryl methyl sites for hydroxylation is 4. The van der Waals surface area contributed by atoms with E-state index < -0.39 is 0 Å². The summed E-state index contributed by atoms with van der Waals surface area (Å²) in [6, 6.07) is 6.42. The summed E-state index contributed by atoms with van der Waals surface area (Å²) >= 11 is 7.88. The number of rotatable bonds is 2. The van der Waals surface area contributed by atoms with Gasteiger partial charge in [-0.3, -0.25) is 0 Å². The van der Waals surface area contributed by atoms with Gasteiger partial charge < -0.3 is 5.32 Å². The number of thiophene rings is 1. The Kier molecular flexibility index (Phi) is 3.31. The summed E-state index contributed by atoms with van der Waals surface area (Å²) in [5.41, 5.74) is 4.92. The highest BCUT2D eigenvalue weighted by Crippen LogP contribution is 2.40. The molecular formula is C17H16ClN3S. The highest BCUT2D eigenvalue weighted by Gasteiger charge is 2.22. The van der Waals surface area contributed by atoms with E-state index in [9.17, 15) is 0 Å². The Bertz CT molecular complexity index is 865. The Hall–Kier alpha value is -1.65. The van der Waals surface area contributed by atoms with Gasteiger partial charge in [0.1, 0.15) is 10.6 Å². The summed E-state index contributed by atoms with van der Waals surface area (Å²) < 4.78 is 0. The minimum Gasteiger partial charge on any atom is -0.340 e. The van der Waals surface area contributed by atoms with Crippen molar-refractivity contribution in [2.75, 3.05) is 5.32 Å². The second kappa shape index (κ2) is 5.21. The molecule has 1 aliphatic rings. The Labute approximate surface area is 138 Å². The van der Waals surface area contributed by atoms with Crippen LogP contribution < -0.4 is 5.32 Å². The van der Waals surface area contributed by atoms with Crippen LogP contribution >= 0.6 is 22.9 Å². The van der Waals surface area contributed by atoms with Crippen LogP contribution in [-0.2, 0) is 12.8 Å². The zero-order valence-corrected chi connectivity index (χ0v) is 14.1. The second-order valence-electron chi connectivity index (χ2n) is 5.88. The van der Waals surface area contributed by atoms with Crippen molar-refractivity contribution in [2.24, 2.45) is 0 Å². The van der Waals surface area contributed by atoms with E-state index in [1.54, 1.807) is 11.3 Å². The van der Waals surface area contributed by atoms with Crippen molar-refractivity contribution in [3.63, 3.8) is 0 Å². The van der Waals surface area contributed by atoms with Gasteiger partial charge in [0.2, 0.25) is 5.28 Å². The number of benzene rings is 1. The molecule has 0 amide bonds. The topological polar surface area (TPSA) is 37.8 Å². The molecule has 1 N–H and O–H groups in total. The number of fused-ring (bicyclic) bond motifs is 3. The number of hydrogen-bond acceptors (Lipinski definition) is 4. The maximum Gasteiger partial charge on any atom is 0.225 e. The van der Waals surface area contributed by atoms with Gasteiger partial charge in [0.05, 0.1) is 5.39 Å². The molecule has 0 fully saturated rings. The molecule has 4 rings (SSSR count). The average Bonchev–Trinajstić information content (AvgIpc) is 2.96. The lowest BCUT2D eigenvalue weighted by Crippen LogP contribution is -1.98. The smallest absolute Gasteiger partial charge is 0.225 e. The minimum absolute atomic E-state index is 0.305. The molecule has 5 heteroatoms. The number of nitrogens with zero attached hydrogens (tertiary/aromatic N) is 2. The molecule has 1 aromatic carbocycles. The van der Waals surface area contributed by atoms with Crippen LogP contribution in [0.4, 0.5) is 11.5 Å². The van der Waals surface area contributed by atoms with Gasteiger partial charge in [-0.2, -0.15) is 4.98 Å². The second-order valence-corrected chi connectivity index (χ2v) is 7.30. The first-order valence-electron chi connectivity index (χ1n) is 7.43. The van der Waals surface area contributed by atoms with E-state index in [-0.39, 0.29) is 0 Å². The van der Waals surface area contributed by atoms with Crippen LogP contribution in [0.3, 0.4) is 0 Å². The van der Waals surface area contributed by atoms with Crippen LogP contribution in [0.25, 0.3) is 10.2 Å². The summed E-state index contributed by atoms with van der Waals surface area (Å²) in [4.78, 5) is 11.3. The van der Waals surface area contributed by atoms with Gasteiger partial charge >= 0.3 is 0 Å². The molecule has 0 unspecified atom stereocenters. The molecule has 2 aromatic heterocycles. The van der Waals surface area contributed by atoms with E-state index in [1.807, 2.05) is 0 Å². The third kappa shape index (κ3) is 2.36. The molecule has 0 atom stereocenters. The van der Waals surface area contributed by atoms with Gasteiger partial charge in [0.15, 0.2) is 0 Å². The van der Waals surface area contributed by atoms with Gasteiger partial charge in [-0.25, -0.2) is 4.98 Å². The maximum atomic E-state index is 6.12. The molecule has 0 saturated heterocycles. The molecule has 22 heavy (non-hydrogen) atoms. The Morgan fingerprint density at radius 3 is 2.64 bits per heavy atom. The number of anilines is 2. The summed E-state index contributed by atoms with van der Waals surface area (Å²) in [6.07, 6.45) is 3.49. The molecule has 0 aliphatic heterocycles. The first-order valence-corrected chi connectivity index (χ1v) is 8.63. The highest BCUT2D eigenvalue weighted by molar-refractivity contribution is 7.19. The molecule has 2 heterocycles. The lowest BCUT2D eigenvalue weighted by Gasteiger charge is -2.10. The molecule has 0 bridgehead atoms. The van der Waals surface area contributed by atoms with Gasteiger partial charge in [-0.15, -0.1) is 11.3 Å². The zero-order valence-electron chi connectivity index (χ0n) is 12.5. The summed E-state index contributed by atoms with van der Waals surface area (Å²) in [5, 5.41) is 4.92. The molecular weight excluding hydrogens is 314 g/mol. The van der Waals surface area contributed by atoms with E-state index in [0.717, 1.165) is 34.6 Å². The van der Waals surface area contributed by atoms with Gasteiger partial charge in [-0.1, -0.05) is 6.07 Å². The summed E-state index contributed by atoms with van der Waals surface area (Å²) in [6.45, 7) is 4.20. The summed E-state index contributed by atoms with van der Waals surface area (Å²) in [5.74, 6) is 0.833. The lowest BCUT2D eigenvalue weighted by atomic mass is 10.1. The number of aromatic nitrogens is 2. The van der Waals surface area contributed by atoms with Crippen molar-refractivity contribution < 1.29 is 0 Å². The third-order valence-electron chi connectivity index (χ3n) is 4.02. The van der Waals surface area contributed by atoms with E-state index >= 15 is 0 Å². The molecule has 0 radical (unpaired) electrons. The van der Waals surface area contributed by atoms with Crippen molar-refractivity contribution in [2.45, 2.75) is 33.1 Å². The fraction of sp³-hybridized carbons (Fsp3) is 0.294. The Balaban J connectivity index is 1.87. The average molecular weight is 330 g/mol. The lowest BCUT2D eigenvalue weighted by molar-refractivity contribution is 0.917. The molecule has 3 aromatic rings. The van der Waals surface area contributed by atoms with Crippen LogP contribution in [0, 0.1) is 13.8 Å². The van der Waals surface area contributed by atoms with Crippen molar-refractivity contribution in [1.82, 2.24) is 9.97 Å². The fourth-order valence-corrected chi connectivity index (χ4v) is 4.72. The standard InChI is InChI=1S/C17H16ClN3S/c1-9-6-10(2)8-11(7-9)19-15-14-12-4-3-5-13(12)22-16(14)21-17(18)20-15/h6-8H,3-5H2,1-2H3,(H,19,20,21). The molecule has 0 spiro atoms. The quantitative estimate of drug-likeness (QED) is 0.657. The fourth-order valence-electron chi connectivity index (χ4n) is 3.24. The van der Waals surface area contributed by atoms with Crippen LogP contribution in [0.5, 0.6) is 0 Å². The summed E-state index contributed by atoms with van der Waals surface area (Å²) in [7, 11) is 0. The first kappa shape index (κ1) is 14.0. The van der Waals surface area contributed by atoms with Crippen LogP contribution in [-0.4, -0.2) is 9.97 Å². The van der Waals surface area contributed by atoms with Crippen LogP contribution in [0.1, 0.15) is 28.0 Å². The number of halogens is 1. The molecule has 1 aliphatic carbocycles. The molecule has 0 saturated carbocycles. The molecule has 112 valence electrons. The minimum atomic E-state index is 0.305. The van der Waals surface area contributed by atoms with Crippen molar-refractivity contribution >= 4 is 44.7 Å². The number of hydrogen-bond donors (Lipinski definition) is 1. The monoisotopic (exact) mass is 329 g/mol. The van der Waals surface area contributed by atoms with Crippen molar-refractivity contribution in [3.05, 3.63) is 45.1 Å². The van der Waals surface area contributed by atoms with Gasteiger partial charge in [-0.05, 0) is 73.5 Å². The third-order valence-corrected chi connectivity index (χ3v) is 5.38. The van der Waals surface area contributed by atoms with Crippen molar-refractivity contribution in [1.29, 1.82) is 0 Å². The zero-order chi connectivity index (χ0) is 15.3. The van der Waals surface area contributed by atoms with Gasteiger partial charge in [0, 0.05) is 10.6 Å². The SMILES string of the molecule is Cc1cc(C)cc(Nc2nc(Cl)nc3sc4c(c23)CCC4)c1. The van der Waals surface area contributed by atoms with Crippen LogP contribution in [0.2, 0.25) is 5.28 Å². The van der Waals surface area contributed by atoms with E-state index in [4.69, 9.17) is 11.6 Å². The highest BCUT2D eigenvalue weighted by atomic mass is 35.5. The predicted octanol–water partition coefficient (Wildman–Crippen LogP) is 5.19. The van der Waals surface area contributed by atoms with E-state index in [1.165, 1.54) is 28.0 Å². The number of nitrogens with one attached hydrogen (secondary N) is 1. The maximum absolute atomic E-state index is 6.12.